The van der Waals surface area contributed by atoms with E-state index in [0.29, 0.717) is 5.89 Å². The summed E-state index contributed by atoms with van der Waals surface area (Å²) in [6.07, 6.45) is 7.18. The number of rotatable bonds is 5. The third-order valence-electron chi connectivity index (χ3n) is 3.69. The number of likely N-dealkylation sites (N-methyl/N-ethyl adjacent to an activating group) is 1. The molecule has 0 radical (unpaired) electrons. The average molecular weight is 291 g/mol. The maximum absolute atomic E-state index is 5.77. The summed E-state index contributed by atoms with van der Waals surface area (Å²) >= 11 is 1.83. The lowest BCUT2D eigenvalue weighted by Crippen LogP contribution is -2.16. The van der Waals surface area contributed by atoms with Crippen LogP contribution in [0.15, 0.2) is 10.5 Å². The predicted molar refractivity (Wildman–Crippen MR) is 81.1 cm³/mol. The number of hydrogen-bond donors (Lipinski definition) is 1. The maximum Gasteiger partial charge on any atom is 0.257 e. The molecule has 108 valence electrons. The van der Waals surface area contributed by atoms with Gasteiger partial charge in [-0.2, -0.15) is 0 Å². The lowest BCUT2D eigenvalue weighted by molar-refractivity contribution is 0.497. The second kappa shape index (κ2) is 6.50. The van der Waals surface area contributed by atoms with Crippen molar-refractivity contribution < 1.29 is 4.42 Å². The minimum atomic E-state index is 0.689. The molecule has 20 heavy (non-hydrogen) atoms. The monoisotopic (exact) mass is 291 g/mol. The number of aromatic nitrogens is 2. The van der Waals surface area contributed by atoms with E-state index in [1.54, 1.807) is 0 Å². The highest BCUT2D eigenvalue weighted by molar-refractivity contribution is 7.15. The molecule has 0 amide bonds. The summed E-state index contributed by atoms with van der Waals surface area (Å²) in [4.78, 5) is 2.66. The summed E-state index contributed by atoms with van der Waals surface area (Å²) in [6, 6.07) is 2.26. The minimum Gasteiger partial charge on any atom is -0.420 e. The molecular weight excluding hydrogens is 270 g/mol. The largest absolute Gasteiger partial charge is 0.420 e. The zero-order chi connectivity index (χ0) is 13.8. The van der Waals surface area contributed by atoms with Gasteiger partial charge in [0.25, 0.3) is 5.89 Å². The lowest BCUT2D eigenvalue weighted by atomic mass is 10.1. The molecule has 1 aliphatic rings. The van der Waals surface area contributed by atoms with E-state index in [0.717, 1.165) is 30.3 Å². The Hall–Kier alpha value is -1.20. The first-order chi connectivity index (χ1) is 9.86. The minimum absolute atomic E-state index is 0.689. The molecule has 2 aromatic heterocycles. The van der Waals surface area contributed by atoms with Gasteiger partial charge in [-0.3, -0.25) is 0 Å². The van der Waals surface area contributed by atoms with Crippen LogP contribution >= 0.6 is 11.3 Å². The Morgan fingerprint density at radius 3 is 3.05 bits per heavy atom. The molecule has 2 aromatic rings. The Morgan fingerprint density at radius 2 is 2.15 bits per heavy atom. The number of thiophene rings is 1. The third kappa shape index (κ3) is 3.10. The molecule has 0 saturated carbocycles. The summed E-state index contributed by atoms with van der Waals surface area (Å²) in [6.45, 7) is 3.95. The first kappa shape index (κ1) is 13.8. The van der Waals surface area contributed by atoms with Gasteiger partial charge in [0, 0.05) is 17.8 Å². The zero-order valence-electron chi connectivity index (χ0n) is 11.9. The van der Waals surface area contributed by atoms with Gasteiger partial charge in [0.1, 0.15) is 0 Å². The van der Waals surface area contributed by atoms with E-state index in [4.69, 9.17) is 4.42 Å². The first-order valence-electron chi connectivity index (χ1n) is 7.52. The molecule has 0 aromatic carbocycles. The standard InChI is InChI=1S/C15H21N3OS/c1-2-16-9-8-14-17-18-15(19-14)13-10-11-6-4-3-5-7-12(11)20-13/h10,16H,2-9H2,1H3. The number of nitrogens with zero attached hydrogens (tertiary/aromatic N) is 2. The van der Waals surface area contributed by atoms with Gasteiger partial charge in [0.15, 0.2) is 0 Å². The maximum atomic E-state index is 5.77. The molecule has 5 heteroatoms. The van der Waals surface area contributed by atoms with Crippen molar-refractivity contribution in [3.63, 3.8) is 0 Å². The van der Waals surface area contributed by atoms with Crippen molar-refractivity contribution in [1.29, 1.82) is 0 Å². The zero-order valence-corrected chi connectivity index (χ0v) is 12.8. The van der Waals surface area contributed by atoms with Crippen LogP contribution in [0.25, 0.3) is 10.8 Å². The summed E-state index contributed by atoms with van der Waals surface area (Å²) in [5.41, 5.74) is 1.50. The van der Waals surface area contributed by atoms with E-state index in [1.807, 2.05) is 11.3 Å². The molecule has 0 bridgehead atoms. The van der Waals surface area contributed by atoms with Crippen LogP contribution in [-0.4, -0.2) is 23.3 Å². The first-order valence-corrected chi connectivity index (χ1v) is 8.33. The van der Waals surface area contributed by atoms with Gasteiger partial charge in [-0.05, 0) is 43.9 Å². The molecule has 2 heterocycles. The second-order valence-electron chi connectivity index (χ2n) is 5.22. The fourth-order valence-corrected chi connectivity index (χ4v) is 3.77. The Bertz CT molecular complexity index is 538. The van der Waals surface area contributed by atoms with Crippen molar-refractivity contribution in [2.45, 2.75) is 45.4 Å². The van der Waals surface area contributed by atoms with Crippen molar-refractivity contribution in [2.75, 3.05) is 13.1 Å². The van der Waals surface area contributed by atoms with Crippen molar-refractivity contribution in [3.8, 4) is 10.8 Å². The third-order valence-corrected chi connectivity index (χ3v) is 4.91. The van der Waals surface area contributed by atoms with Crippen molar-refractivity contribution >= 4 is 11.3 Å². The van der Waals surface area contributed by atoms with Crippen LogP contribution in [0, 0.1) is 0 Å². The Morgan fingerprint density at radius 1 is 1.25 bits per heavy atom. The highest BCUT2D eigenvalue weighted by Crippen LogP contribution is 2.34. The molecule has 4 nitrogen and oxygen atoms in total. The summed E-state index contributed by atoms with van der Waals surface area (Å²) in [5, 5.41) is 11.6. The molecule has 0 unspecified atom stereocenters. The SMILES string of the molecule is CCNCCc1nnc(-c2cc3c(s2)CCCCC3)o1. The van der Waals surface area contributed by atoms with Crippen molar-refractivity contribution in [1.82, 2.24) is 15.5 Å². The van der Waals surface area contributed by atoms with Gasteiger partial charge in [-0.1, -0.05) is 13.3 Å². The second-order valence-corrected chi connectivity index (χ2v) is 6.36. The number of fused-ring (bicyclic) bond motifs is 1. The van der Waals surface area contributed by atoms with Crippen LogP contribution in [0.3, 0.4) is 0 Å². The summed E-state index contributed by atoms with van der Waals surface area (Å²) < 4.78 is 5.77. The van der Waals surface area contributed by atoms with Gasteiger partial charge < -0.3 is 9.73 Å². The summed E-state index contributed by atoms with van der Waals surface area (Å²) in [5.74, 6) is 1.42. The van der Waals surface area contributed by atoms with E-state index in [-0.39, 0.29) is 0 Å². The van der Waals surface area contributed by atoms with Gasteiger partial charge in [-0.15, -0.1) is 21.5 Å². The van der Waals surface area contributed by atoms with Crippen LogP contribution in [0.4, 0.5) is 0 Å². The highest BCUT2D eigenvalue weighted by Gasteiger charge is 2.16. The molecular formula is C15H21N3OS. The van der Waals surface area contributed by atoms with E-state index in [2.05, 4.69) is 28.5 Å². The van der Waals surface area contributed by atoms with Crippen molar-refractivity contribution in [3.05, 3.63) is 22.4 Å². The quantitative estimate of drug-likeness (QED) is 0.679. The normalized spacial score (nSPS) is 15.1. The van der Waals surface area contributed by atoms with Crippen molar-refractivity contribution in [2.24, 2.45) is 0 Å². The fraction of sp³-hybridized carbons (Fsp3) is 0.600. The van der Waals surface area contributed by atoms with Gasteiger partial charge in [0.05, 0.1) is 4.88 Å². The number of hydrogen-bond acceptors (Lipinski definition) is 5. The molecule has 1 N–H and O–H groups in total. The molecule has 0 spiro atoms. The highest BCUT2D eigenvalue weighted by atomic mass is 32.1. The Labute approximate surface area is 123 Å². The van der Waals surface area contributed by atoms with E-state index < -0.39 is 0 Å². The number of nitrogens with one attached hydrogen (secondary N) is 1. The molecule has 0 aliphatic heterocycles. The van der Waals surface area contributed by atoms with Crippen LogP contribution in [-0.2, 0) is 19.3 Å². The van der Waals surface area contributed by atoms with Gasteiger partial charge in [0.2, 0.25) is 5.89 Å². The molecule has 0 fully saturated rings. The van der Waals surface area contributed by atoms with Crippen LogP contribution in [0.1, 0.15) is 42.5 Å². The predicted octanol–water partition coefficient (Wildman–Crippen LogP) is 3.22. The van der Waals surface area contributed by atoms with Gasteiger partial charge in [-0.25, -0.2) is 0 Å². The molecule has 3 rings (SSSR count). The van der Waals surface area contributed by atoms with E-state index >= 15 is 0 Å². The fourth-order valence-electron chi connectivity index (χ4n) is 2.60. The van der Waals surface area contributed by atoms with Crippen LogP contribution in [0.2, 0.25) is 0 Å². The Kier molecular flexibility index (Phi) is 4.47. The Balaban J connectivity index is 1.73. The topological polar surface area (TPSA) is 51.0 Å². The van der Waals surface area contributed by atoms with E-state index in [9.17, 15) is 0 Å². The smallest absolute Gasteiger partial charge is 0.257 e. The lowest BCUT2D eigenvalue weighted by Gasteiger charge is -1.95. The molecule has 1 aliphatic carbocycles. The van der Waals surface area contributed by atoms with Crippen LogP contribution < -0.4 is 5.32 Å². The number of aryl methyl sites for hydroxylation is 2. The molecule has 0 atom stereocenters. The van der Waals surface area contributed by atoms with Crippen LogP contribution in [0.5, 0.6) is 0 Å². The molecule has 0 saturated heterocycles. The van der Waals surface area contributed by atoms with Gasteiger partial charge >= 0.3 is 0 Å². The average Bonchev–Trinajstić information content (AvgIpc) is 3.02. The summed E-state index contributed by atoms with van der Waals surface area (Å²) in [7, 11) is 0. The van der Waals surface area contributed by atoms with E-state index in [1.165, 1.54) is 42.5 Å².